The Kier molecular flexibility index (Phi) is 6.35. The van der Waals surface area contributed by atoms with E-state index >= 15 is 0 Å². The Morgan fingerprint density at radius 3 is 2.62 bits per heavy atom. The lowest BCUT2D eigenvalue weighted by atomic mass is 10.1. The number of methoxy groups -OCH3 is 1. The molecule has 0 aliphatic rings. The summed E-state index contributed by atoms with van der Waals surface area (Å²) in [6.07, 6.45) is 1.44. The summed E-state index contributed by atoms with van der Waals surface area (Å²) < 4.78 is 21.4. The fourth-order valence-electron chi connectivity index (χ4n) is 3.42. The summed E-state index contributed by atoms with van der Waals surface area (Å²) in [5.41, 5.74) is 0.0915. The van der Waals surface area contributed by atoms with Crippen LogP contribution in [-0.4, -0.2) is 22.6 Å². The van der Waals surface area contributed by atoms with Gasteiger partial charge in [-0.05, 0) is 23.8 Å². The van der Waals surface area contributed by atoms with E-state index in [0.29, 0.717) is 21.5 Å². The number of hydrogen-bond donors (Lipinski definition) is 0. The van der Waals surface area contributed by atoms with Crippen LogP contribution >= 0.6 is 11.3 Å². The molecule has 0 amide bonds. The fourth-order valence-corrected chi connectivity index (χ4v) is 4.53. The van der Waals surface area contributed by atoms with Gasteiger partial charge in [0.1, 0.15) is 4.70 Å². The number of fused-ring (bicyclic) bond motifs is 1. The van der Waals surface area contributed by atoms with Gasteiger partial charge in [0.2, 0.25) is 0 Å². The molecule has 0 bridgehead atoms. The third-order valence-electron chi connectivity index (χ3n) is 5.05. The molecule has 8 nitrogen and oxygen atoms in total. The Balaban J connectivity index is 1.97. The molecule has 2 aromatic carbocycles. The van der Waals surface area contributed by atoms with Crippen molar-refractivity contribution in [1.29, 1.82) is 10.5 Å². The summed E-state index contributed by atoms with van der Waals surface area (Å²) in [5, 5.41) is 22.7. The number of rotatable bonds is 6. The molecule has 168 valence electrons. The zero-order valence-corrected chi connectivity index (χ0v) is 18.7. The first-order valence-corrected chi connectivity index (χ1v) is 10.8. The van der Waals surface area contributed by atoms with Gasteiger partial charge in [0.25, 0.3) is 5.56 Å². The van der Waals surface area contributed by atoms with Gasteiger partial charge in [0.05, 0.1) is 43.0 Å². The normalized spacial score (nSPS) is 10.9. The van der Waals surface area contributed by atoms with Crippen LogP contribution in [0.3, 0.4) is 0 Å². The highest BCUT2D eigenvalue weighted by Crippen LogP contribution is 2.36. The van der Waals surface area contributed by atoms with E-state index in [9.17, 15) is 19.2 Å². The van der Waals surface area contributed by atoms with Gasteiger partial charge in [-0.1, -0.05) is 30.3 Å². The van der Waals surface area contributed by atoms with Crippen molar-refractivity contribution in [2.45, 2.75) is 13.0 Å². The van der Waals surface area contributed by atoms with Gasteiger partial charge in [-0.2, -0.15) is 15.6 Å². The largest absolute Gasteiger partial charge is 0.494 e. The van der Waals surface area contributed by atoms with E-state index in [1.165, 1.54) is 24.0 Å². The predicted molar refractivity (Wildman–Crippen MR) is 127 cm³/mol. The Bertz CT molecular complexity index is 1620. The van der Waals surface area contributed by atoms with Crippen molar-refractivity contribution in [2.24, 2.45) is 5.10 Å². The first-order chi connectivity index (χ1) is 16.5. The average molecular weight is 473 g/mol. The van der Waals surface area contributed by atoms with E-state index in [1.54, 1.807) is 30.3 Å². The Morgan fingerprint density at radius 2 is 1.94 bits per heavy atom. The highest BCUT2D eigenvalue weighted by Gasteiger charge is 2.20. The number of aromatic nitrogens is 2. The van der Waals surface area contributed by atoms with Crippen LogP contribution in [0.4, 0.5) is 4.39 Å². The average Bonchev–Trinajstić information content (AvgIpc) is 3.29. The van der Waals surface area contributed by atoms with E-state index in [1.807, 2.05) is 18.2 Å². The van der Waals surface area contributed by atoms with Gasteiger partial charge in [0.15, 0.2) is 11.6 Å². The lowest BCUT2D eigenvalue weighted by molar-refractivity contribution is 0.386. The van der Waals surface area contributed by atoms with Gasteiger partial charge < -0.3 is 4.74 Å². The fraction of sp³-hybridized carbons (Fsp3) is 0.125. The molecule has 10 heteroatoms. The SMILES string of the molecule is COc1cc(-c2cc3c(s2)c(=O)n(/N=C\c2ccccc2)c(=O)n3CCC#N)c(C#N)cc1F. The quantitative estimate of drug-likeness (QED) is 0.396. The molecular formula is C24H16FN5O3S. The summed E-state index contributed by atoms with van der Waals surface area (Å²) >= 11 is 1.04. The van der Waals surface area contributed by atoms with Gasteiger partial charge >= 0.3 is 5.69 Å². The highest BCUT2D eigenvalue weighted by atomic mass is 32.1. The van der Waals surface area contributed by atoms with Gasteiger partial charge in [-0.3, -0.25) is 9.36 Å². The Morgan fingerprint density at radius 1 is 1.18 bits per heavy atom. The monoisotopic (exact) mass is 473 g/mol. The van der Waals surface area contributed by atoms with Crippen molar-refractivity contribution in [3.63, 3.8) is 0 Å². The van der Waals surface area contributed by atoms with E-state index < -0.39 is 17.1 Å². The topological polar surface area (TPSA) is 113 Å². The Labute approximate surface area is 196 Å². The van der Waals surface area contributed by atoms with Gasteiger partial charge in [0, 0.05) is 17.0 Å². The smallest absolute Gasteiger partial charge is 0.352 e. The number of hydrogen-bond acceptors (Lipinski definition) is 7. The van der Waals surface area contributed by atoms with Crippen LogP contribution < -0.4 is 16.0 Å². The zero-order chi connectivity index (χ0) is 24.2. The van der Waals surface area contributed by atoms with Crippen LogP contribution in [0.15, 0.2) is 63.2 Å². The minimum Gasteiger partial charge on any atom is -0.494 e. The number of thiophene rings is 1. The molecule has 4 aromatic rings. The second kappa shape index (κ2) is 9.53. The van der Waals surface area contributed by atoms with Crippen molar-refractivity contribution < 1.29 is 9.13 Å². The first kappa shape index (κ1) is 22.6. The van der Waals surface area contributed by atoms with Gasteiger partial charge in [-0.15, -0.1) is 16.0 Å². The maximum Gasteiger partial charge on any atom is 0.352 e. The van der Waals surface area contributed by atoms with E-state index in [0.717, 1.165) is 22.1 Å². The molecule has 0 aliphatic carbocycles. The minimum absolute atomic E-state index is 0.0363. The molecule has 0 saturated heterocycles. The van der Waals surface area contributed by atoms with Crippen molar-refractivity contribution in [3.8, 4) is 28.3 Å². The Hall–Kier alpha value is -4.54. The molecule has 0 saturated carbocycles. The number of benzene rings is 2. The summed E-state index contributed by atoms with van der Waals surface area (Å²) in [4.78, 5) is 26.8. The summed E-state index contributed by atoms with van der Waals surface area (Å²) in [6, 6.07) is 16.9. The molecule has 0 fully saturated rings. The molecular weight excluding hydrogens is 457 g/mol. The number of nitriles is 2. The van der Waals surface area contributed by atoms with Gasteiger partial charge in [-0.25, -0.2) is 9.18 Å². The number of nitrogens with zero attached hydrogens (tertiary/aromatic N) is 5. The molecule has 2 aromatic heterocycles. The van der Waals surface area contributed by atoms with Crippen LogP contribution in [0.2, 0.25) is 0 Å². The highest BCUT2D eigenvalue weighted by molar-refractivity contribution is 7.22. The standard InChI is InChI=1S/C24H16FN5O3S/c1-33-20-11-17(16(13-27)10-18(20)25)21-12-19-22(34-21)23(31)30(24(32)29(19)9-5-8-26)28-14-15-6-3-2-4-7-15/h2-4,6-7,10-12,14H,5,9H2,1H3/b28-14-. The minimum atomic E-state index is -0.693. The maximum atomic E-state index is 14.1. The maximum absolute atomic E-state index is 14.1. The first-order valence-electron chi connectivity index (χ1n) is 10.0. The number of aryl methyl sites for hydroxylation is 1. The molecule has 0 atom stereocenters. The van der Waals surface area contributed by atoms with Crippen molar-refractivity contribution >= 4 is 27.8 Å². The second-order valence-electron chi connectivity index (χ2n) is 7.08. The van der Waals surface area contributed by atoms with E-state index in [-0.39, 0.29) is 29.0 Å². The molecule has 0 spiro atoms. The van der Waals surface area contributed by atoms with Crippen molar-refractivity contribution in [1.82, 2.24) is 9.24 Å². The van der Waals surface area contributed by atoms with Crippen molar-refractivity contribution in [2.75, 3.05) is 7.11 Å². The lowest BCUT2D eigenvalue weighted by Gasteiger charge is -2.07. The third-order valence-corrected chi connectivity index (χ3v) is 6.19. The van der Waals surface area contributed by atoms with E-state index in [2.05, 4.69) is 5.10 Å². The summed E-state index contributed by atoms with van der Waals surface area (Å²) in [5.74, 6) is -0.745. The van der Waals surface area contributed by atoms with Crippen LogP contribution in [0, 0.1) is 28.5 Å². The van der Waals surface area contributed by atoms with E-state index in [4.69, 9.17) is 10.00 Å². The number of halogens is 1. The van der Waals surface area contributed by atoms with Crippen LogP contribution in [0.25, 0.3) is 20.7 Å². The number of ether oxygens (including phenoxy) is 1. The molecule has 34 heavy (non-hydrogen) atoms. The zero-order valence-electron chi connectivity index (χ0n) is 17.9. The summed E-state index contributed by atoms with van der Waals surface area (Å²) in [6.45, 7) is 0.0426. The molecule has 2 heterocycles. The predicted octanol–water partition coefficient (Wildman–Crippen LogP) is 3.71. The molecule has 0 unspecified atom stereocenters. The summed E-state index contributed by atoms with van der Waals surface area (Å²) in [7, 11) is 1.31. The van der Waals surface area contributed by atoms with Crippen molar-refractivity contribution in [3.05, 3.63) is 86.3 Å². The van der Waals surface area contributed by atoms with Crippen LogP contribution in [-0.2, 0) is 6.54 Å². The lowest BCUT2D eigenvalue weighted by Crippen LogP contribution is -2.37. The molecule has 0 radical (unpaired) electrons. The molecule has 0 N–H and O–H groups in total. The molecule has 4 rings (SSSR count). The second-order valence-corrected chi connectivity index (χ2v) is 8.14. The third kappa shape index (κ3) is 4.10. The molecule has 0 aliphatic heterocycles. The van der Waals surface area contributed by atoms with Crippen LogP contribution in [0.1, 0.15) is 17.5 Å². The van der Waals surface area contributed by atoms with Crippen LogP contribution in [0.5, 0.6) is 5.75 Å².